The number of hydrogen-bond donors (Lipinski definition) is 1. The highest BCUT2D eigenvalue weighted by Gasteiger charge is 2.28. The lowest BCUT2D eigenvalue weighted by atomic mass is 9.96. The van der Waals surface area contributed by atoms with Gasteiger partial charge in [0.05, 0.1) is 23.3 Å². The molecule has 0 spiro atoms. The van der Waals surface area contributed by atoms with E-state index in [9.17, 15) is 9.18 Å². The predicted molar refractivity (Wildman–Crippen MR) is 96.5 cm³/mol. The van der Waals surface area contributed by atoms with Crippen LogP contribution in [0.25, 0.3) is 22.2 Å². The number of Topliss-reactive ketones (excluding diaryl/α,β-unsaturated/α-hetero) is 1. The van der Waals surface area contributed by atoms with Crippen molar-refractivity contribution in [1.82, 2.24) is 9.88 Å². The van der Waals surface area contributed by atoms with E-state index in [1.807, 2.05) is 6.07 Å². The third kappa shape index (κ3) is 2.14. The topological polar surface area (TPSA) is 34.0 Å². The van der Waals surface area contributed by atoms with Gasteiger partial charge in [-0.25, -0.2) is 4.39 Å². The van der Waals surface area contributed by atoms with Crippen molar-refractivity contribution in [2.75, 3.05) is 6.54 Å². The Hall–Kier alpha value is -2.88. The van der Waals surface area contributed by atoms with E-state index >= 15 is 0 Å². The van der Waals surface area contributed by atoms with Gasteiger partial charge in [0.2, 0.25) is 0 Å². The van der Waals surface area contributed by atoms with E-state index in [0.717, 1.165) is 36.0 Å². The molecule has 124 valence electrons. The van der Waals surface area contributed by atoms with Gasteiger partial charge in [0.15, 0.2) is 5.78 Å². The van der Waals surface area contributed by atoms with Crippen LogP contribution in [0.5, 0.6) is 0 Å². The summed E-state index contributed by atoms with van der Waals surface area (Å²) in [7, 11) is 0. The summed E-state index contributed by atoms with van der Waals surface area (Å²) >= 11 is 0. The number of para-hydroxylation sites is 1. The molecule has 0 fully saturated rings. The molecular weight excluding hydrogens is 315 g/mol. The van der Waals surface area contributed by atoms with Gasteiger partial charge >= 0.3 is 0 Å². The normalized spacial score (nSPS) is 16.6. The van der Waals surface area contributed by atoms with E-state index in [1.165, 1.54) is 23.2 Å². The lowest BCUT2D eigenvalue weighted by molar-refractivity contribution is -0.112. The Morgan fingerprint density at radius 3 is 2.88 bits per heavy atom. The summed E-state index contributed by atoms with van der Waals surface area (Å²) in [6.07, 6.45) is 4.28. The van der Waals surface area contributed by atoms with E-state index in [2.05, 4.69) is 34.3 Å². The van der Waals surface area contributed by atoms with Crippen molar-refractivity contribution in [1.29, 1.82) is 0 Å². The van der Waals surface area contributed by atoms with Crippen LogP contribution in [0.15, 0.2) is 48.7 Å². The fourth-order valence-corrected chi connectivity index (χ4v) is 4.12. The Morgan fingerprint density at radius 1 is 1.12 bits per heavy atom. The van der Waals surface area contributed by atoms with Crippen LogP contribution in [0.2, 0.25) is 0 Å². The van der Waals surface area contributed by atoms with E-state index in [0.29, 0.717) is 11.1 Å². The molecule has 0 amide bonds. The second kappa shape index (κ2) is 5.31. The minimum Gasteiger partial charge on any atom is -0.376 e. The zero-order valence-electron chi connectivity index (χ0n) is 13.7. The molecule has 1 N–H and O–H groups in total. The number of halogens is 1. The number of ketones is 1. The highest BCUT2D eigenvalue weighted by Crippen LogP contribution is 2.37. The lowest BCUT2D eigenvalue weighted by Crippen LogP contribution is -2.10. The van der Waals surface area contributed by atoms with E-state index in [-0.39, 0.29) is 18.1 Å². The molecule has 3 nitrogen and oxygen atoms in total. The predicted octanol–water partition coefficient (Wildman–Crippen LogP) is 3.77. The summed E-state index contributed by atoms with van der Waals surface area (Å²) < 4.78 is 15.9. The number of rotatable bonds is 2. The van der Waals surface area contributed by atoms with Crippen LogP contribution in [0.3, 0.4) is 0 Å². The second-order valence-corrected chi connectivity index (χ2v) is 6.69. The van der Waals surface area contributed by atoms with Crippen molar-refractivity contribution in [3.63, 3.8) is 0 Å². The number of benzene rings is 2. The molecule has 2 aliphatic heterocycles. The molecule has 2 aliphatic rings. The third-order valence-electron chi connectivity index (χ3n) is 5.16. The van der Waals surface area contributed by atoms with Crippen molar-refractivity contribution in [3.05, 3.63) is 71.2 Å². The van der Waals surface area contributed by atoms with Crippen LogP contribution in [-0.2, 0) is 17.8 Å². The summed E-state index contributed by atoms with van der Waals surface area (Å²) in [5.74, 6) is -0.240. The van der Waals surface area contributed by atoms with Gasteiger partial charge < -0.3 is 9.88 Å². The first-order chi connectivity index (χ1) is 12.2. The molecule has 4 heteroatoms. The van der Waals surface area contributed by atoms with Crippen molar-refractivity contribution < 1.29 is 9.18 Å². The van der Waals surface area contributed by atoms with Gasteiger partial charge in [-0.05, 0) is 30.5 Å². The lowest BCUT2D eigenvalue weighted by Gasteiger charge is -2.14. The Morgan fingerprint density at radius 2 is 2.00 bits per heavy atom. The van der Waals surface area contributed by atoms with Gasteiger partial charge in [-0.2, -0.15) is 0 Å². The third-order valence-corrected chi connectivity index (χ3v) is 5.16. The Kier molecular flexibility index (Phi) is 3.07. The van der Waals surface area contributed by atoms with E-state index in [4.69, 9.17) is 0 Å². The van der Waals surface area contributed by atoms with Crippen molar-refractivity contribution in [2.24, 2.45) is 0 Å². The van der Waals surface area contributed by atoms with Crippen molar-refractivity contribution in [3.8, 4) is 0 Å². The number of nitrogens with zero attached hydrogens (tertiary/aromatic N) is 1. The number of aromatic nitrogens is 1. The fourth-order valence-electron chi connectivity index (χ4n) is 4.12. The van der Waals surface area contributed by atoms with Gasteiger partial charge in [-0.15, -0.1) is 0 Å². The Bertz CT molecular complexity index is 1060. The van der Waals surface area contributed by atoms with Crippen LogP contribution < -0.4 is 5.32 Å². The smallest absolute Gasteiger partial charge is 0.184 e. The van der Waals surface area contributed by atoms with Crippen molar-refractivity contribution >= 4 is 28.0 Å². The molecular formula is C21H17FN2O. The molecule has 1 aromatic heterocycles. The average molecular weight is 332 g/mol. The number of nitrogens with one attached hydrogen (secondary N) is 1. The number of hydrogen-bond acceptors (Lipinski definition) is 2. The highest BCUT2D eigenvalue weighted by molar-refractivity contribution is 6.33. The maximum Gasteiger partial charge on any atom is 0.184 e. The molecule has 0 saturated heterocycles. The molecule has 5 rings (SSSR count). The summed E-state index contributed by atoms with van der Waals surface area (Å²) in [4.78, 5) is 12.7. The monoisotopic (exact) mass is 332 g/mol. The quantitative estimate of drug-likeness (QED) is 0.775. The largest absolute Gasteiger partial charge is 0.376 e. The van der Waals surface area contributed by atoms with E-state index in [1.54, 1.807) is 6.07 Å². The van der Waals surface area contributed by atoms with Crippen LogP contribution in [-0.4, -0.2) is 16.9 Å². The highest BCUT2D eigenvalue weighted by atomic mass is 19.1. The summed E-state index contributed by atoms with van der Waals surface area (Å²) in [5, 5.41) is 4.28. The van der Waals surface area contributed by atoms with Crippen LogP contribution in [0.1, 0.15) is 23.1 Å². The van der Waals surface area contributed by atoms with Crippen LogP contribution in [0.4, 0.5) is 4.39 Å². The van der Waals surface area contributed by atoms with Gasteiger partial charge in [-0.1, -0.05) is 30.3 Å². The zero-order valence-corrected chi connectivity index (χ0v) is 13.7. The Labute approximate surface area is 144 Å². The maximum atomic E-state index is 13.7. The molecule has 3 heterocycles. The van der Waals surface area contributed by atoms with Gasteiger partial charge in [-0.3, -0.25) is 4.79 Å². The summed E-state index contributed by atoms with van der Waals surface area (Å²) in [6, 6.07) is 12.7. The molecule has 0 atom stereocenters. The molecule has 25 heavy (non-hydrogen) atoms. The first-order valence-corrected chi connectivity index (χ1v) is 8.61. The molecule has 0 bridgehead atoms. The molecule has 0 radical (unpaired) electrons. The van der Waals surface area contributed by atoms with Crippen molar-refractivity contribution in [2.45, 2.75) is 19.4 Å². The van der Waals surface area contributed by atoms with Gasteiger partial charge in [0.1, 0.15) is 5.82 Å². The first-order valence-electron chi connectivity index (χ1n) is 8.61. The number of aryl methyl sites for hydroxylation is 2. The molecule has 0 unspecified atom stereocenters. The fraction of sp³-hybridized carbons (Fsp3) is 0.190. The standard InChI is InChI=1S/C21H17FN2O/c22-15-7-1-5-14(10-15)20-19(18(25)11-23-20)17-12-24-9-3-6-13-4-2-8-16(17)21(13)24/h1-2,4-5,7-8,10,12,23H,3,6,9,11H2. The Balaban J connectivity index is 1.79. The number of carbonyl (C=O) groups excluding carboxylic acids is 1. The zero-order chi connectivity index (χ0) is 17.0. The van der Waals surface area contributed by atoms with Crippen LogP contribution >= 0.6 is 0 Å². The minimum atomic E-state index is -0.298. The molecule has 3 aromatic rings. The molecule has 0 aliphatic carbocycles. The molecule has 2 aromatic carbocycles. The second-order valence-electron chi connectivity index (χ2n) is 6.69. The SMILES string of the molecule is O=C1CNC(c2cccc(F)c2)=C1c1cn2c3c(cccc13)CCC2. The minimum absolute atomic E-state index is 0.0583. The van der Waals surface area contributed by atoms with Crippen LogP contribution in [0, 0.1) is 5.82 Å². The first kappa shape index (κ1) is 14.5. The number of carbonyl (C=O) groups is 1. The van der Waals surface area contributed by atoms with Gasteiger partial charge in [0, 0.05) is 29.3 Å². The maximum absolute atomic E-state index is 13.7. The summed E-state index contributed by atoms with van der Waals surface area (Å²) in [6.45, 7) is 1.23. The summed E-state index contributed by atoms with van der Waals surface area (Å²) in [5.41, 5.74) is 5.64. The molecule has 0 saturated carbocycles. The average Bonchev–Trinajstić information content (AvgIpc) is 3.17. The van der Waals surface area contributed by atoms with Gasteiger partial charge in [0.25, 0.3) is 0 Å². The van der Waals surface area contributed by atoms with E-state index < -0.39 is 0 Å².